The smallest absolute Gasteiger partial charge is 0.351 e. The number of carbonyl (C=O) groups excluding carboxylic acids is 4. The van der Waals surface area contributed by atoms with Gasteiger partial charge in [-0.3, -0.25) is 4.79 Å². The molecule has 0 spiro atoms. The second-order valence-electron chi connectivity index (χ2n) is 10.6. The fourth-order valence-corrected chi connectivity index (χ4v) is 6.03. The quantitative estimate of drug-likeness (QED) is 0.270. The van der Waals surface area contributed by atoms with Gasteiger partial charge in [0.1, 0.15) is 18.3 Å². The third-order valence-corrected chi connectivity index (χ3v) is 8.63. The molecular formula is C25H28O8. The van der Waals surface area contributed by atoms with Gasteiger partial charge in [0.2, 0.25) is 5.60 Å². The van der Waals surface area contributed by atoms with Crippen LogP contribution in [0.2, 0.25) is 0 Å². The highest BCUT2D eigenvalue weighted by Gasteiger charge is 2.76. The average molecular weight is 456 g/mol. The van der Waals surface area contributed by atoms with Gasteiger partial charge in [0.25, 0.3) is 0 Å². The highest BCUT2D eigenvalue weighted by Crippen LogP contribution is 2.66. The van der Waals surface area contributed by atoms with Gasteiger partial charge in [0.15, 0.2) is 0 Å². The SMILES string of the molecule is C=C1C(=O)O[C@H]2CC3=C[C@H](C/C(C)=C/[C@@H](OC(=O)C45CCC(C)(C(=O)O4)C5(C)C)[C@H]12)OC3=O. The number of hydrogen-bond donors (Lipinski definition) is 0. The van der Waals surface area contributed by atoms with E-state index in [1.54, 1.807) is 12.2 Å². The van der Waals surface area contributed by atoms with Crippen molar-refractivity contribution < 1.29 is 38.1 Å². The molecule has 8 heteroatoms. The molecule has 6 atom stereocenters. The summed E-state index contributed by atoms with van der Waals surface area (Å²) in [5.74, 6) is -2.71. The fourth-order valence-electron chi connectivity index (χ4n) is 6.03. The number of fused-ring (bicyclic) bond motifs is 4. The van der Waals surface area contributed by atoms with E-state index in [4.69, 9.17) is 18.9 Å². The normalized spacial score (nSPS) is 42.5. The topological polar surface area (TPSA) is 105 Å². The summed E-state index contributed by atoms with van der Waals surface area (Å²) >= 11 is 0. The maximum absolute atomic E-state index is 13.7. The number of rotatable bonds is 2. The van der Waals surface area contributed by atoms with E-state index < -0.39 is 64.5 Å². The van der Waals surface area contributed by atoms with E-state index in [1.807, 2.05) is 27.7 Å². The van der Waals surface area contributed by atoms with Crippen molar-refractivity contribution in [3.05, 3.63) is 35.5 Å². The van der Waals surface area contributed by atoms with Gasteiger partial charge in [0, 0.05) is 29.4 Å². The first-order chi connectivity index (χ1) is 15.4. The van der Waals surface area contributed by atoms with Gasteiger partial charge in [-0.25, -0.2) is 14.4 Å². The molecular weight excluding hydrogens is 428 g/mol. The van der Waals surface area contributed by atoms with Crippen LogP contribution in [0.5, 0.6) is 0 Å². The number of esters is 4. The first-order valence-corrected chi connectivity index (χ1v) is 11.3. The maximum atomic E-state index is 13.7. The van der Waals surface area contributed by atoms with Gasteiger partial charge in [0.05, 0.1) is 11.3 Å². The van der Waals surface area contributed by atoms with E-state index in [-0.39, 0.29) is 12.0 Å². The molecule has 0 N–H and O–H groups in total. The summed E-state index contributed by atoms with van der Waals surface area (Å²) in [4.78, 5) is 51.0. The molecule has 3 aliphatic heterocycles. The van der Waals surface area contributed by atoms with E-state index >= 15 is 0 Å². The van der Waals surface area contributed by atoms with Crippen molar-refractivity contribution in [2.24, 2.45) is 16.7 Å². The van der Waals surface area contributed by atoms with E-state index in [0.717, 1.165) is 5.57 Å². The Hall–Kier alpha value is -2.90. The molecule has 0 radical (unpaired) electrons. The van der Waals surface area contributed by atoms with Crippen LogP contribution in [0.3, 0.4) is 0 Å². The van der Waals surface area contributed by atoms with Gasteiger partial charge >= 0.3 is 23.9 Å². The summed E-state index contributed by atoms with van der Waals surface area (Å²) in [5.41, 5.74) is -1.47. The van der Waals surface area contributed by atoms with Gasteiger partial charge in [-0.15, -0.1) is 0 Å². The van der Waals surface area contributed by atoms with E-state index in [1.165, 1.54) is 0 Å². The lowest BCUT2D eigenvalue weighted by Gasteiger charge is -2.36. The van der Waals surface area contributed by atoms with Crippen LogP contribution in [0.1, 0.15) is 53.4 Å². The maximum Gasteiger partial charge on any atom is 0.351 e. The number of hydrogen-bond acceptors (Lipinski definition) is 8. The molecule has 0 aromatic rings. The van der Waals surface area contributed by atoms with Crippen LogP contribution in [-0.2, 0) is 38.1 Å². The van der Waals surface area contributed by atoms with Gasteiger partial charge in [-0.2, -0.15) is 0 Å². The summed E-state index contributed by atoms with van der Waals surface area (Å²) in [6.45, 7) is 11.3. The van der Waals surface area contributed by atoms with Gasteiger partial charge in [-0.05, 0) is 38.8 Å². The van der Waals surface area contributed by atoms with Crippen molar-refractivity contribution in [3.8, 4) is 0 Å². The average Bonchev–Trinajstić information content (AvgIpc) is 3.31. The van der Waals surface area contributed by atoms with Crippen LogP contribution in [0.15, 0.2) is 35.5 Å². The summed E-state index contributed by atoms with van der Waals surface area (Å²) < 4.78 is 22.7. The second-order valence-corrected chi connectivity index (χ2v) is 10.6. The minimum Gasteiger partial charge on any atom is -0.458 e. The minimum absolute atomic E-state index is 0.148. The third kappa shape index (κ3) is 2.82. The molecule has 0 aromatic carbocycles. The predicted molar refractivity (Wildman–Crippen MR) is 113 cm³/mol. The molecule has 5 aliphatic rings. The van der Waals surface area contributed by atoms with Crippen molar-refractivity contribution in [3.63, 3.8) is 0 Å². The van der Waals surface area contributed by atoms with Crippen LogP contribution in [0.25, 0.3) is 0 Å². The summed E-state index contributed by atoms with van der Waals surface area (Å²) in [6, 6.07) is 0. The van der Waals surface area contributed by atoms with E-state index in [2.05, 4.69) is 6.58 Å². The van der Waals surface area contributed by atoms with Gasteiger partial charge < -0.3 is 18.9 Å². The van der Waals surface area contributed by atoms with Crippen molar-refractivity contribution in [2.45, 2.75) is 77.3 Å². The lowest BCUT2D eigenvalue weighted by atomic mass is 9.66. The molecule has 4 bridgehead atoms. The van der Waals surface area contributed by atoms with Gasteiger partial charge in [-0.1, -0.05) is 26.0 Å². The Labute approximate surface area is 192 Å². The summed E-state index contributed by atoms with van der Waals surface area (Å²) in [6.07, 6.45) is 3.00. The highest BCUT2D eigenvalue weighted by molar-refractivity contribution is 5.95. The zero-order chi connectivity index (χ0) is 23.9. The third-order valence-electron chi connectivity index (χ3n) is 8.63. The molecule has 2 aliphatic carbocycles. The molecule has 0 aromatic heterocycles. The Morgan fingerprint density at radius 1 is 1.06 bits per heavy atom. The highest BCUT2D eigenvalue weighted by atomic mass is 16.6. The summed E-state index contributed by atoms with van der Waals surface area (Å²) in [5, 5.41) is 0. The lowest BCUT2D eigenvalue weighted by Crippen LogP contribution is -2.50. The standard InChI is InChI=1S/C25H28O8/c1-12-8-15-10-14(20(27)30-15)11-17-18(13(2)19(26)31-17)16(9-12)32-22(29)25-7-6-24(5,21(28)33-25)23(25,3)4/h9-10,15-18H,2,6-8,11H2,1,3-5H3/b12-9+/t15-,16+,17-,18-,24?,25?/m0/s1. The zero-order valence-corrected chi connectivity index (χ0v) is 19.3. The van der Waals surface area contributed by atoms with Crippen molar-refractivity contribution in [1.29, 1.82) is 0 Å². The van der Waals surface area contributed by atoms with Crippen molar-refractivity contribution >= 4 is 23.9 Å². The molecule has 2 saturated heterocycles. The Kier molecular flexibility index (Phi) is 4.52. The van der Waals surface area contributed by atoms with Crippen LogP contribution in [-0.4, -0.2) is 47.8 Å². The molecule has 5 rings (SSSR count). The monoisotopic (exact) mass is 456 g/mol. The number of carbonyl (C=O) groups is 4. The Balaban J connectivity index is 1.51. The van der Waals surface area contributed by atoms with Crippen LogP contribution >= 0.6 is 0 Å². The molecule has 33 heavy (non-hydrogen) atoms. The molecule has 3 fully saturated rings. The fraction of sp³-hybridized carbons (Fsp3) is 0.600. The predicted octanol–water partition coefficient (Wildman–Crippen LogP) is 2.71. The number of ether oxygens (including phenoxy) is 4. The first kappa shape index (κ1) is 21.9. The minimum atomic E-state index is -1.39. The van der Waals surface area contributed by atoms with Crippen LogP contribution in [0.4, 0.5) is 0 Å². The zero-order valence-electron chi connectivity index (χ0n) is 19.3. The Morgan fingerprint density at radius 3 is 2.42 bits per heavy atom. The van der Waals surface area contributed by atoms with Crippen LogP contribution in [0, 0.1) is 16.7 Å². The molecule has 0 amide bonds. The van der Waals surface area contributed by atoms with E-state index in [0.29, 0.717) is 24.8 Å². The van der Waals surface area contributed by atoms with Crippen molar-refractivity contribution in [2.75, 3.05) is 0 Å². The molecule has 8 nitrogen and oxygen atoms in total. The summed E-state index contributed by atoms with van der Waals surface area (Å²) in [7, 11) is 0. The second kappa shape index (κ2) is 6.81. The Bertz CT molecular complexity index is 1060. The molecule has 2 unspecified atom stereocenters. The Morgan fingerprint density at radius 2 is 1.79 bits per heavy atom. The lowest BCUT2D eigenvalue weighted by molar-refractivity contribution is -0.187. The van der Waals surface area contributed by atoms with Crippen LogP contribution < -0.4 is 0 Å². The largest absolute Gasteiger partial charge is 0.458 e. The molecule has 176 valence electrons. The van der Waals surface area contributed by atoms with E-state index in [9.17, 15) is 19.2 Å². The molecule has 1 saturated carbocycles. The first-order valence-electron chi connectivity index (χ1n) is 11.3. The molecule has 3 heterocycles. The van der Waals surface area contributed by atoms with Crippen molar-refractivity contribution in [1.82, 2.24) is 0 Å².